The molecule has 0 spiro atoms. The van der Waals surface area contributed by atoms with E-state index in [9.17, 15) is 9.59 Å². The molecule has 2 aromatic carbocycles. The summed E-state index contributed by atoms with van der Waals surface area (Å²) in [6.07, 6.45) is 0. The highest BCUT2D eigenvalue weighted by Crippen LogP contribution is 2.17. The van der Waals surface area contributed by atoms with Crippen molar-refractivity contribution >= 4 is 11.7 Å². The monoisotopic (exact) mass is 307 g/mol. The highest BCUT2D eigenvalue weighted by molar-refractivity contribution is 6.15. The number of hydrogen-bond acceptors (Lipinski definition) is 2. The molecule has 2 rings (SSSR count). The molecule has 0 bridgehead atoms. The molecule has 3 heteroatoms. The molecule has 0 aliphatic heterocycles. The van der Waals surface area contributed by atoms with Gasteiger partial charge in [0, 0.05) is 24.2 Å². The van der Waals surface area contributed by atoms with Crippen molar-refractivity contribution in [1.82, 2.24) is 4.90 Å². The molecule has 0 atom stereocenters. The summed E-state index contributed by atoms with van der Waals surface area (Å²) in [4.78, 5) is 27.2. The summed E-state index contributed by atoms with van der Waals surface area (Å²) in [5.41, 5.74) is 2.36. The van der Waals surface area contributed by atoms with Crippen LogP contribution in [0, 0.1) is 0 Å². The first-order valence-electron chi connectivity index (χ1n) is 7.67. The number of hydrogen-bond donors (Lipinski definition) is 0. The third-order valence-corrected chi connectivity index (χ3v) is 3.57. The smallest absolute Gasteiger partial charge is 0.254 e. The molecule has 1 amide bonds. The number of rotatable bonds is 6. The van der Waals surface area contributed by atoms with Crippen molar-refractivity contribution < 1.29 is 9.59 Å². The zero-order valence-corrected chi connectivity index (χ0v) is 13.6. The second-order valence-electron chi connectivity index (χ2n) is 5.52. The molecule has 0 radical (unpaired) electrons. The average Bonchev–Trinajstić information content (AvgIpc) is 2.59. The lowest BCUT2D eigenvalue weighted by molar-refractivity contribution is 0.0773. The van der Waals surface area contributed by atoms with Crippen molar-refractivity contribution in [2.75, 3.05) is 13.1 Å². The molecule has 0 aliphatic carbocycles. The molecule has 0 aliphatic rings. The van der Waals surface area contributed by atoms with Gasteiger partial charge in [-0.3, -0.25) is 9.59 Å². The van der Waals surface area contributed by atoms with Crippen LogP contribution in [0.4, 0.5) is 0 Å². The highest BCUT2D eigenvalue weighted by Gasteiger charge is 2.21. The molecular weight excluding hydrogens is 286 g/mol. The fourth-order valence-electron chi connectivity index (χ4n) is 2.44. The van der Waals surface area contributed by atoms with Gasteiger partial charge in [-0.25, -0.2) is 0 Å². The Balaban J connectivity index is 2.39. The zero-order valence-electron chi connectivity index (χ0n) is 13.6. The van der Waals surface area contributed by atoms with Gasteiger partial charge in [0.25, 0.3) is 5.91 Å². The second-order valence-corrected chi connectivity index (χ2v) is 5.52. The number of carbonyl (C=O) groups excluding carboxylic acids is 2. The van der Waals surface area contributed by atoms with E-state index in [1.54, 1.807) is 41.3 Å². The van der Waals surface area contributed by atoms with Crippen LogP contribution in [0.15, 0.2) is 66.7 Å². The van der Waals surface area contributed by atoms with Gasteiger partial charge in [-0.05, 0) is 19.9 Å². The number of nitrogens with zero attached hydrogens (tertiary/aromatic N) is 1. The molecule has 3 nitrogen and oxygen atoms in total. The van der Waals surface area contributed by atoms with Crippen molar-refractivity contribution in [3.8, 4) is 0 Å². The van der Waals surface area contributed by atoms with Crippen LogP contribution in [-0.2, 0) is 0 Å². The van der Waals surface area contributed by atoms with Crippen LogP contribution in [0.5, 0.6) is 0 Å². The predicted octanol–water partition coefficient (Wildman–Crippen LogP) is 3.96. The fourth-order valence-corrected chi connectivity index (χ4v) is 2.44. The Morgan fingerprint density at radius 2 is 1.52 bits per heavy atom. The van der Waals surface area contributed by atoms with Crippen LogP contribution in [0.3, 0.4) is 0 Å². The lowest BCUT2D eigenvalue weighted by atomic mass is 9.97. The molecule has 0 N–H and O–H groups in total. The maximum Gasteiger partial charge on any atom is 0.254 e. The van der Waals surface area contributed by atoms with Crippen molar-refractivity contribution in [2.24, 2.45) is 0 Å². The van der Waals surface area contributed by atoms with E-state index in [0.717, 1.165) is 5.57 Å². The molecule has 0 saturated carbocycles. The van der Waals surface area contributed by atoms with Crippen LogP contribution in [-0.4, -0.2) is 29.7 Å². The fraction of sp³-hybridized carbons (Fsp3) is 0.200. The van der Waals surface area contributed by atoms with Gasteiger partial charge in [-0.2, -0.15) is 0 Å². The maximum absolute atomic E-state index is 12.8. The first kappa shape index (κ1) is 16.7. The zero-order chi connectivity index (χ0) is 16.8. The number of benzene rings is 2. The van der Waals surface area contributed by atoms with E-state index >= 15 is 0 Å². The topological polar surface area (TPSA) is 37.4 Å². The Morgan fingerprint density at radius 3 is 2.09 bits per heavy atom. The highest BCUT2D eigenvalue weighted by atomic mass is 16.2. The molecule has 0 aromatic heterocycles. The summed E-state index contributed by atoms with van der Waals surface area (Å²) in [5, 5.41) is 0. The molecular formula is C20H21NO2. The van der Waals surface area contributed by atoms with Gasteiger partial charge in [-0.15, -0.1) is 0 Å². The Bertz CT molecular complexity index is 719. The van der Waals surface area contributed by atoms with Crippen molar-refractivity contribution in [3.05, 3.63) is 83.4 Å². The van der Waals surface area contributed by atoms with Gasteiger partial charge < -0.3 is 4.90 Å². The van der Waals surface area contributed by atoms with Gasteiger partial charge >= 0.3 is 0 Å². The van der Waals surface area contributed by atoms with Crippen LogP contribution < -0.4 is 0 Å². The molecule has 0 heterocycles. The summed E-state index contributed by atoms with van der Waals surface area (Å²) in [7, 11) is 0. The summed E-state index contributed by atoms with van der Waals surface area (Å²) in [6.45, 7) is 8.73. The van der Waals surface area contributed by atoms with Gasteiger partial charge in [0.1, 0.15) is 0 Å². The van der Waals surface area contributed by atoms with E-state index in [0.29, 0.717) is 29.8 Å². The Kier molecular flexibility index (Phi) is 5.47. The van der Waals surface area contributed by atoms with Gasteiger partial charge in [0.05, 0.1) is 5.56 Å². The maximum atomic E-state index is 12.8. The van der Waals surface area contributed by atoms with E-state index in [-0.39, 0.29) is 11.7 Å². The summed E-state index contributed by atoms with van der Waals surface area (Å²) in [5.74, 6) is -0.281. The largest absolute Gasteiger partial charge is 0.335 e. The lowest BCUT2D eigenvalue weighted by Crippen LogP contribution is -2.33. The van der Waals surface area contributed by atoms with Crippen molar-refractivity contribution in [2.45, 2.75) is 13.8 Å². The molecule has 2 aromatic rings. The first-order chi connectivity index (χ1) is 11.0. The summed E-state index contributed by atoms with van der Waals surface area (Å²) in [6, 6.07) is 16.0. The minimum absolute atomic E-state index is 0.138. The van der Waals surface area contributed by atoms with E-state index in [2.05, 4.69) is 6.58 Å². The van der Waals surface area contributed by atoms with Crippen LogP contribution in [0.1, 0.15) is 40.1 Å². The number of carbonyl (C=O) groups is 2. The Hall–Kier alpha value is -2.68. The van der Waals surface area contributed by atoms with E-state index in [1.165, 1.54) is 0 Å². The minimum atomic E-state index is -0.143. The number of amides is 1. The Labute approximate surface area is 137 Å². The van der Waals surface area contributed by atoms with Crippen LogP contribution >= 0.6 is 0 Å². The van der Waals surface area contributed by atoms with E-state index in [1.807, 2.05) is 32.0 Å². The molecule has 118 valence electrons. The van der Waals surface area contributed by atoms with Crippen molar-refractivity contribution in [1.29, 1.82) is 0 Å². The molecule has 0 fully saturated rings. The van der Waals surface area contributed by atoms with E-state index in [4.69, 9.17) is 0 Å². The van der Waals surface area contributed by atoms with Gasteiger partial charge in [0.2, 0.25) is 0 Å². The quantitative estimate of drug-likeness (QED) is 0.598. The SMILES string of the molecule is C=C(C)CN(CC)C(=O)c1ccccc1C(=O)c1ccccc1. The molecule has 23 heavy (non-hydrogen) atoms. The second kappa shape index (κ2) is 7.54. The third-order valence-electron chi connectivity index (χ3n) is 3.57. The average molecular weight is 307 g/mol. The third kappa shape index (κ3) is 3.95. The minimum Gasteiger partial charge on any atom is -0.335 e. The Morgan fingerprint density at radius 1 is 0.957 bits per heavy atom. The lowest BCUT2D eigenvalue weighted by Gasteiger charge is -2.22. The normalized spacial score (nSPS) is 10.2. The standard InChI is InChI=1S/C20H21NO2/c1-4-21(14-15(2)3)20(23)18-13-9-8-12-17(18)19(22)16-10-6-5-7-11-16/h5-13H,2,4,14H2,1,3H3. The molecule has 0 saturated heterocycles. The predicted molar refractivity (Wildman–Crippen MR) is 92.7 cm³/mol. The van der Waals surface area contributed by atoms with Crippen LogP contribution in [0.2, 0.25) is 0 Å². The van der Waals surface area contributed by atoms with Gasteiger partial charge in [-0.1, -0.05) is 60.7 Å². The van der Waals surface area contributed by atoms with E-state index < -0.39 is 0 Å². The number of ketones is 1. The first-order valence-corrected chi connectivity index (χ1v) is 7.67. The summed E-state index contributed by atoms with van der Waals surface area (Å²) < 4.78 is 0. The van der Waals surface area contributed by atoms with Crippen molar-refractivity contribution in [3.63, 3.8) is 0 Å². The van der Waals surface area contributed by atoms with Gasteiger partial charge in [0.15, 0.2) is 5.78 Å². The van der Waals surface area contributed by atoms with Crippen LogP contribution in [0.25, 0.3) is 0 Å². The molecule has 0 unspecified atom stereocenters. The number of likely N-dealkylation sites (N-methyl/N-ethyl adjacent to an activating group) is 1. The summed E-state index contributed by atoms with van der Waals surface area (Å²) >= 11 is 0.